The first-order chi connectivity index (χ1) is 8.43. The normalized spacial score (nSPS) is 12.6. The van der Waals surface area contributed by atoms with Gasteiger partial charge in [-0.25, -0.2) is 9.18 Å². The highest BCUT2D eigenvalue weighted by Gasteiger charge is 2.21. The van der Waals surface area contributed by atoms with Gasteiger partial charge in [-0.15, -0.1) is 0 Å². The SMILES string of the molecule is CC(=O)c1cn(C(C)C(=O)O)c2c(F)cccc12. The van der Waals surface area contributed by atoms with Crippen LogP contribution in [0, 0.1) is 5.82 Å². The topological polar surface area (TPSA) is 59.3 Å². The summed E-state index contributed by atoms with van der Waals surface area (Å²) in [7, 11) is 0. The van der Waals surface area contributed by atoms with Crippen LogP contribution in [0.25, 0.3) is 10.9 Å². The molecule has 0 aliphatic rings. The van der Waals surface area contributed by atoms with Gasteiger partial charge in [-0.05, 0) is 19.9 Å². The second kappa shape index (κ2) is 4.25. The Morgan fingerprint density at radius 3 is 2.61 bits per heavy atom. The molecule has 1 atom stereocenters. The number of aliphatic carboxylic acids is 1. The van der Waals surface area contributed by atoms with Gasteiger partial charge in [0.05, 0.1) is 5.52 Å². The molecule has 1 unspecified atom stereocenters. The molecule has 2 aromatic rings. The van der Waals surface area contributed by atoms with Crippen molar-refractivity contribution in [2.24, 2.45) is 0 Å². The number of Topliss-reactive ketones (excluding diaryl/α,β-unsaturated/α-hetero) is 1. The fraction of sp³-hybridized carbons (Fsp3) is 0.231. The number of hydrogen-bond acceptors (Lipinski definition) is 2. The van der Waals surface area contributed by atoms with Crippen molar-refractivity contribution in [1.29, 1.82) is 0 Å². The van der Waals surface area contributed by atoms with Gasteiger partial charge in [0.15, 0.2) is 5.78 Å². The van der Waals surface area contributed by atoms with E-state index in [1.165, 1.54) is 36.7 Å². The van der Waals surface area contributed by atoms with Gasteiger partial charge in [0.25, 0.3) is 0 Å². The Morgan fingerprint density at radius 1 is 1.39 bits per heavy atom. The Labute approximate surface area is 103 Å². The van der Waals surface area contributed by atoms with Gasteiger partial charge in [0.2, 0.25) is 0 Å². The predicted molar refractivity (Wildman–Crippen MR) is 64.2 cm³/mol. The first-order valence-electron chi connectivity index (χ1n) is 5.46. The molecule has 0 bridgehead atoms. The van der Waals surface area contributed by atoms with Crippen molar-refractivity contribution in [3.63, 3.8) is 0 Å². The summed E-state index contributed by atoms with van der Waals surface area (Å²) in [5.41, 5.74) is 0.482. The van der Waals surface area contributed by atoms with E-state index in [0.29, 0.717) is 10.9 Å². The van der Waals surface area contributed by atoms with E-state index in [9.17, 15) is 14.0 Å². The highest BCUT2D eigenvalue weighted by atomic mass is 19.1. The third-order valence-corrected chi connectivity index (χ3v) is 2.96. The van der Waals surface area contributed by atoms with Gasteiger partial charge in [-0.3, -0.25) is 4.79 Å². The zero-order valence-corrected chi connectivity index (χ0v) is 9.98. The quantitative estimate of drug-likeness (QED) is 0.850. The molecule has 94 valence electrons. The zero-order valence-electron chi connectivity index (χ0n) is 9.98. The number of ketones is 1. The standard InChI is InChI=1S/C13H12FNO3/c1-7(13(17)18)15-6-10(8(2)16)9-4-3-5-11(14)12(9)15/h3-7H,1-2H3,(H,17,18). The van der Waals surface area contributed by atoms with E-state index in [2.05, 4.69) is 0 Å². The van der Waals surface area contributed by atoms with Gasteiger partial charge in [-0.1, -0.05) is 12.1 Å². The van der Waals surface area contributed by atoms with Gasteiger partial charge < -0.3 is 9.67 Å². The summed E-state index contributed by atoms with van der Waals surface area (Å²) in [6.45, 7) is 2.81. The molecule has 1 heterocycles. The minimum atomic E-state index is -1.08. The number of carbonyl (C=O) groups excluding carboxylic acids is 1. The van der Waals surface area contributed by atoms with E-state index in [4.69, 9.17) is 5.11 Å². The lowest BCUT2D eigenvalue weighted by molar-refractivity contribution is -0.140. The van der Waals surface area contributed by atoms with Crippen LogP contribution >= 0.6 is 0 Å². The van der Waals surface area contributed by atoms with E-state index < -0.39 is 17.8 Å². The molecule has 0 fully saturated rings. The van der Waals surface area contributed by atoms with Crippen LogP contribution < -0.4 is 0 Å². The molecule has 1 aromatic carbocycles. The average molecular weight is 249 g/mol. The van der Waals surface area contributed by atoms with Crippen molar-refractivity contribution < 1.29 is 19.1 Å². The highest BCUT2D eigenvalue weighted by Crippen LogP contribution is 2.27. The fourth-order valence-corrected chi connectivity index (χ4v) is 1.97. The third kappa shape index (κ3) is 1.77. The number of rotatable bonds is 3. The summed E-state index contributed by atoms with van der Waals surface area (Å²) in [4.78, 5) is 22.5. The Hall–Kier alpha value is -2.17. The van der Waals surface area contributed by atoms with Crippen LogP contribution in [0.1, 0.15) is 30.2 Å². The third-order valence-electron chi connectivity index (χ3n) is 2.96. The lowest BCUT2D eigenvalue weighted by Gasteiger charge is -2.10. The van der Waals surface area contributed by atoms with Crippen LogP contribution in [0.2, 0.25) is 0 Å². The lowest BCUT2D eigenvalue weighted by Crippen LogP contribution is -2.15. The van der Waals surface area contributed by atoms with Crippen LogP contribution in [-0.4, -0.2) is 21.4 Å². The molecule has 1 N–H and O–H groups in total. The predicted octanol–water partition coefficient (Wildman–Crippen LogP) is 2.63. The molecule has 0 aliphatic carbocycles. The van der Waals surface area contributed by atoms with Crippen molar-refractivity contribution in [1.82, 2.24) is 4.57 Å². The maximum Gasteiger partial charge on any atom is 0.326 e. The largest absolute Gasteiger partial charge is 0.480 e. The monoisotopic (exact) mass is 249 g/mol. The second-order valence-electron chi connectivity index (χ2n) is 4.16. The van der Waals surface area contributed by atoms with Gasteiger partial charge in [0, 0.05) is 17.1 Å². The molecule has 4 nitrogen and oxygen atoms in total. The summed E-state index contributed by atoms with van der Waals surface area (Å²) in [5.74, 6) is -1.83. The second-order valence-corrected chi connectivity index (χ2v) is 4.16. The number of carboxylic acids is 1. The Morgan fingerprint density at radius 2 is 2.06 bits per heavy atom. The molecule has 0 amide bonds. The first kappa shape index (κ1) is 12.3. The zero-order chi connectivity index (χ0) is 13.4. The van der Waals surface area contributed by atoms with Gasteiger partial charge >= 0.3 is 5.97 Å². The van der Waals surface area contributed by atoms with Crippen LogP contribution in [-0.2, 0) is 4.79 Å². The van der Waals surface area contributed by atoms with Crippen LogP contribution in [0.4, 0.5) is 4.39 Å². The average Bonchev–Trinajstić information content (AvgIpc) is 2.68. The summed E-state index contributed by atoms with van der Waals surface area (Å²) < 4.78 is 15.1. The number of benzene rings is 1. The molecular weight excluding hydrogens is 237 g/mol. The maximum atomic E-state index is 13.8. The molecule has 1 aromatic heterocycles. The van der Waals surface area contributed by atoms with Crippen molar-refractivity contribution in [3.05, 3.63) is 35.8 Å². The van der Waals surface area contributed by atoms with E-state index in [0.717, 1.165) is 0 Å². The Kier molecular flexibility index (Phi) is 2.90. The van der Waals surface area contributed by atoms with Crippen LogP contribution in [0.5, 0.6) is 0 Å². The molecule has 5 heteroatoms. The molecule has 0 saturated carbocycles. The Balaban J connectivity index is 2.82. The first-order valence-corrected chi connectivity index (χ1v) is 5.46. The van der Waals surface area contributed by atoms with E-state index in [-0.39, 0.29) is 11.3 Å². The molecule has 0 aliphatic heterocycles. The number of fused-ring (bicyclic) bond motifs is 1. The van der Waals surface area contributed by atoms with Gasteiger partial charge in [-0.2, -0.15) is 0 Å². The summed E-state index contributed by atoms with van der Waals surface area (Å²) in [6.07, 6.45) is 1.40. The molecular formula is C13H12FNO3. The smallest absolute Gasteiger partial charge is 0.326 e. The summed E-state index contributed by atoms with van der Waals surface area (Å²) in [6, 6.07) is 3.43. The number of carboxylic acid groups (broad SMARTS) is 1. The number of nitrogens with zero attached hydrogens (tertiary/aromatic N) is 1. The Bertz CT molecular complexity index is 645. The fourth-order valence-electron chi connectivity index (χ4n) is 1.97. The number of carbonyl (C=O) groups is 2. The molecule has 18 heavy (non-hydrogen) atoms. The minimum absolute atomic E-state index is 0.151. The molecule has 0 radical (unpaired) electrons. The maximum absolute atomic E-state index is 13.8. The minimum Gasteiger partial charge on any atom is -0.480 e. The number of halogens is 1. The van der Waals surface area contributed by atoms with Crippen molar-refractivity contribution in [3.8, 4) is 0 Å². The number of para-hydroxylation sites is 1. The van der Waals surface area contributed by atoms with E-state index in [1.54, 1.807) is 6.07 Å². The van der Waals surface area contributed by atoms with Crippen molar-refractivity contribution in [2.45, 2.75) is 19.9 Å². The van der Waals surface area contributed by atoms with Crippen molar-refractivity contribution in [2.75, 3.05) is 0 Å². The molecule has 0 spiro atoms. The lowest BCUT2D eigenvalue weighted by atomic mass is 10.1. The van der Waals surface area contributed by atoms with Crippen LogP contribution in [0.15, 0.2) is 24.4 Å². The number of hydrogen-bond donors (Lipinski definition) is 1. The van der Waals surface area contributed by atoms with Crippen molar-refractivity contribution >= 4 is 22.7 Å². The molecule has 0 saturated heterocycles. The van der Waals surface area contributed by atoms with E-state index in [1.807, 2.05) is 0 Å². The number of aromatic nitrogens is 1. The molecule has 2 rings (SSSR count). The summed E-state index contributed by atoms with van der Waals surface area (Å²) >= 11 is 0. The highest BCUT2D eigenvalue weighted by molar-refractivity contribution is 6.07. The van der Waals surface area contributed by atoms with E-state index >= 15 is 0 Å². The summed E-state index contributed by atoms with van der Waals surface area (Å²) in [5, 5.41) is 9.45. The van der Waals surface area contributed by atoms with Crippen LogP contribution in [0.3, 0.4) is 0 Å². The van der Waals surface area contributed by atoms with Gasteiger partial charge in [0.1, 0.15) is 11.9 Å².